The third kappa shape index (κ3) is 3.73. The minimum atomic E-state index is 0.279. The number of hydrogen-bond acceptors (Lipinski definition) is 2. The van der Waals surface area contributed by atoms with Crippen molar-refractivity contribution < 1.29 is 4.74 Å². The van der Waals surface area contributed by atoms with Gasteiger partial charge in [0.05, 0.1) is 0 Å². The van der Waals surface area contributed by atoms with E-state index in [1.54, 1.807) is 0 Å². The highest BCUT2D eigenvalue weighted by Gasteiger charge is 2.24. The number of benzene rings is 1. The number of nitrogens with one attached hydrogen (secondary N) is 1. The topological polar surface area (TPSA) is 21.3 Å². The summed E-state index contributed by atoms with van der Waals surface area (Å²) in [5.74, 6) is 1.81. The zero-order valence-corrected chi connectivity index (χ0v) is 13.7. The van der Waals surface area contributed by atoms with Crippen LogP contribution in [0.3, 0.4) is 0 Å². The zero-order valence-electron chi connectivity index (χ0n) is 12.1. The summed E-state index contributed by atoms with van der Waals surface area (Å²) in [5, 5.41) is 3.64. The Morgan fingerprint density at radius 2 is 2.11 bits per heavy atom. The van der Waals surface area contributed by atoms with Gasteiger partial charge in [0.15, 0.2) is 0 Å². The molecule has 0 bridgehead atoms. The second kappa shape index (κ2) is 6.76. The first-order valence-electron chi connectivity index (χ1n) is 7.32. The third-order valence-electron chi connectivity index (χ3n) is 4.19. The van der Waals surface area contributed by atoms with Gasteiger partial charge in [-0.2, -0.15) is 0 Å². The van der Waals surface area contributed by atoms with Gasteiger partial charge in [-0.05, 0) is 36.6 Å². The molecule has 2 atom stereocenters. The summed E-state index contributed by atoms with van der Waals surface area (Å²) in [5.41, 5.74) is 1.32. The third-order valence-corrected chi connectivity index (χ3v) is 4.68. The SMILES string of the molecule is CCC(CC)C(C)NCC1Cc2cc(Br)ccc2O1. The van der Waals surface area contributed by atoms with Crippen LogP contribution in [0.5, 0.6) is 5.75 Å². The number of hydrogen-bond donors (Lipinski definition) is 1. The molecule has 19 heavy (non-hydrogen) atoms. The molecule has 0 aromatic heterocycles. The van der Waals surface area contributed by atoms with E-state index in [1.807, 2.05) is 6.07 Å². The van der Waals surface area contributed by atoms with E-state index in [1.165, 1.54) is 18.4 Å². The Morgan fingerprint density at radius 3 is 2.79 bits per heavy atom. The van der Waals surface area contributed by atoms with E-state index in [0.29, 0.717) is 6.04 Å². The van der Waals surface area contributed by atoms with Crippen molar-refractivity contribution in [2.24, 2.45) is 5.92 Å². The molecule has 1 aliphatic rings. The van der Waals surface area contributed by atoms with Gasteiger partial charge in [-0.15, -0.1) is 0 Å². The van der Waals surface area contributed by atoms with Crippen molar-refractivity contribution in [1.82, 2.24) is 5.32 Å². The molecular formula is C16H24BrNO. The standard InChI is InChI=1S/C16H24BrNO/c1-4-12(5-2)11(3)18-10-15-9-13-8-14(17)6-7-16(13)19-15/h6-8,11-12,15,18H,4-5,9-10H2,1-3H3. The summed E-state index contributed by atoms with van der Waals surface area (Å²) >= 11 is 3.51. The van der Waals surface area contributed by atoms with Gasteiger partial charge in [0.25, 0.3) is 0 Å². The van der Waals surface area contributed by atoms with E-state index in [4.69, 9.17) is 4.74 Å². The Hall–Kier alpha value is -0.540. The summed E-state index contributed by atoms with van der Waals surface area (Å²) in [6, 6.07) is 6.83. The molecule has 1 aliphatic heterocycles. The average molecular weight is 326 g/mol. The molecule has 3 heteroatoms. The molecule has 1 N–H and O–H groups in total. The first-order chi connectivity index (χ1) is 9.13. The molecule has 0 spiro atoms. The largest absolute Gasteiger partial charge is 0.488 e. The molecule has 0 amide bonds. The van der Waals surface area contributed by atoms with Crippen LogP contribution in [0.2, 0.25) is 0 Å². The molecule has 2 unspecified atom stereocenters. The van der Waals surface area contributed by atoms with Crippen LogP contribution in [0.15, 0.2) is 22.7 Å². The van der Waals surface area contributed by atoms with Crippen molar-refractivity contribution >= 4 is 15.9 Å². The molecule has 0 fully saturated rings. The summed E-state index contributed by atoms with van der Waals surface area (Å²) in [6.07, 6.45) is 3.77. The molecule has 2 nitrogen and oxygen atoms in total. The van der Waals surface area contributed by atoms with Crippen LogP contribution in [0, 0.1) is 5.92 Å². The molecule has 0 aliphatic carbocycles. The Labute approximate surface area is 125 Å². The highest BCUT2D eigenvalue weighted by Crippen LogP contribution is 2.31. The quantitative estimate of drug-likeness (QED) is 0.847. The van der Waals surface area contributed by atoms with Gasteiger partial charge in [0.1, 0.15) is 11.9 Å². The maximum absolute atomic E-state index is 5.98. The molecule has 0 saturated carbocycles. The number of rotatable bonds is 6. The predicted octanol–water partition coefficient (Wildman–Crippen LogP) is 4.17. The lowest BCUT2D eigenvalue weighted by atomic mass is 9.95. The van der Waals surface area contributed by atoms with Crippen molar-refractivity contribution in [2.75, 3.05) is 6.54 Å². The van der Waals surface area contributed by atoms with E-state index < -0.39 is 0 Å². The number of ether oxygens (including phenoxy) is 1. The molecule has 106 valence electrons. The Morgan fingerprint density at radius 1 is 1.37 bits per heavy atom. The molecule has 2 rings (SSSR count). The van der Waals surface area contributed by atoms with Gasteiger partial charge < -0.3 is 10.1 Å². The van der Waals surface area contributed by atoms with E-state index in [0.717, 1.165) is 29.1 Å². The number of halogens is 1. The minimum Gasteiger partial charge on any atom is -0.488 e. The highest BCUT2D eigenvalue weighted by molar-refractivity contribution is 9.10. The van der Waals surface area contributed by atoms with Crippen LogP contribution in [-0.4, -0.2) is 18.7 Å². The molecule has 0 radical (unpaired) electrons. The van der Waals surface area contributed by atoms with E-state index in [9.17, 15) is 0 Å². The van der Waals surface area contributed by atoms with Crippen LogP contribution in [0.1, 0.15) is 39.2 Å². The fourth-order valence-corrected chi connectivity index (χ4v) is 3.29. The van der Waals surface area contributed by atoms with Gasteiger partial charge in [-0.3, -0.25) is 0 Å². The minimum absolute atomic E-state index is 0.279. The maximum Gasteiger partial charge on any atom is 0.123 e. The van der Waals surface area contributed by atoms with Crippen LogP contribution >= 0.6 is 15.9 Å². The summed E-state index contributed by atoms with van der Waals surface area (Å²) in [7, 11) is 0. The van der Waals surface area contributed by atoms with Crippen molar-refractivity contribution in [1.29, 1.82) is 0 Å². The van der Waals surface area contributed by atoms with Crippen LogP contribution in [0.25, 0.3) is 0 Å². The Bertz CT molecular complexity index is 417. The van der Waals surface area contributed by atoms with Crippen LogP contribution in [-0.2, 0) is 6.42 Å². The van der Waals surface area contributed by atoms with Crippen LogP contribution < -0.4 is 10.1 Å². The smallest absolute Gasteiger partial charge is 0.123 e. The van der Waals surface area contributed by atoms with E-state index in [2.05, 4.69) is 54.2 Å². The van der Waals surface area contributed by atoms with Crippen molar-refractivity contribution in [3.05, 3.63) is 28.2 Å². The predicted molar refractivity (Wildman–Crippen MR) is 83.8 cm³/mol. The van der Waals surface area contributed by atoms with Crippen molar-refractivity contribution in [3.63, 3.8) is 0 Å². The zero-order chi connectivity index (χ0) is 13.8. The van der Waals surface area contributed by atoms with Gasteiger partial charge in [0.2, 0.25) is 0 Å². The molecule has 0 saturated heterocycles. The maximum atomic E-state index is 5.98. The van der Waals surface area contributed by atoms with Gasteiger partial charge >= 0.3 is 0 Å². The fraction of sp³-hybridized carbons (Fsp3) is 0.625. The van der Waals surface area contributed by atoms with Crippen LogP contribution in [0.4, 0.5) is 0 Å². The molecular weight excluding hydrogens is 302 g/mol. The Balaban J connectivity index is 1.84. The average Bonchev–Trinajstić information content (AvgIpc) is 2.79. The summed E-state index contributed by atoms with van der Waals surface area (Å²) < 4.78 is 7.11. The molecule has 1 heterocycles. The monoisotopic (exact) mass is 325 g/mol. The lowest BCUT2D eigenvalue weighted by Crippen LogP contribution is -2.39. The Kier molecular flexibility index (Phi) is 5.28. The summed E-state index contributed by atoms with van der Waals surface area (Å²) in [4.78, 5) is 0. The van der Waals surface area contributed by atoms with E-state index in [-0.39, 0.29) is 6.10 Å². The fourth-order valence-electron chi connectivity index (χ4n) is 2.88. The first kappa shape index (κ1) is 14.9. The summed E-state index contributed by atoms with van der Waals surface area (Å²) in [6.45, 7) is 7.76. The lowest BCUT2D eigenvalue weighted by molar-refractivity contribution is 0.212. The van der Waals surface area contributed by atoms with Gasteiger partial charge in [-0.1, -0.05) is 42.6 Å². The lowest BCUT2D eigenvalue weighted by Gasteiger charge is -2.24. The normalized spacial score (nSPS) is 19.3. The highest BCUT2D eigenvalue weighted by atomic mass is 79.9. The van der Waals surface area contributed by atoms with Crippen molar-refractivity contribution in [3.8, 4) is 5.75 Å². The molecule has 1 aromatic carbocycles. The first-order valence-corrected chi connectivity index (χ1v) is 8.11. The second-order valence-corrected chi connectivity index (χ2v) is 6.39. The van der Waals surface area contributed by atoms with Gasteiger partial charge in [0, 0.05) is 23.5 Å². The van der Waals surface area contributed by atoms with E-state index >= 15 is 0 Å². The van der Waals surface area contributed by atoms with Crippen molar-refractivity contribution in [2.45, 2.75) is 52.2 Å². The second-order valence-electron chi connectivity index (χ2n) is 5.47. The van der Waals surface area contributed by atoms with Gasteiger partial charge in [-0.25, -0.2) is 0 Å². The molecule has 1 aromatic rings. The number of fused-ring (bicyclic) bond motifs is 1.